The lowest BCUT2D eigenvalue weighted by molar-refractivity contribution is -0.142. The van der Waals surface area contributed by atoms with Gasteiger partial charge in [0.05, 0.1) is 6.61 Å². The minimum absolute atomic E-state index is 0.292. The summed E-state index contributed by atoms with van der Waals surface area (Å²) >= 11 is 2.40. The summed E-state index contributed by atoms with van der Waals surface area (Å²) in [5.74, 6) is -0.683. The molecular weight excluding hydrogens is 367 g/mol. The van der Waals surface area contributed by atoms with Crippen molar-refractivity contribution in [2.45, 2.75) is 29.9 Å². The predicted molar refractivity (Wildman–Crippen MR) is 95.5 cm³/mol. The van der Waals surface area contributed by atoms with E-state index in [-0.39, 0.29) is 17.0 Å². The van der Waals surface area contributed by atoms with Gasteiger partial charge in [0.1, 0.15) is 11.1 Å². The molecule has 0 bridgehead atoms. The van der Waals surface area contributed by atoms with Crippen LogP contribution in [0.5, 0.6) is 0 Å². The quantitative estimate of drug-likeness (QED) is 0.429. The van der Waals surface area contributed by atoms with Gasteiger partial charge in [-0.05, 0) is 37.6 Å². The van der Waals surface area contributed by atoms with E-state index in [9.17, 15) is 14.0 Å². The van der Waals surface area contributed by atoms with Gasteiger partial charge in [-0.2, -0.15) is 0 Å². The third-order valence-electron chi connectivity index (χ3n) is 2.89. The first-order chi connectivity index (χ1) is 12.0. The molecule has 1 aromatic carbocycles. The van der Waals surface area contributed by atoms with Crippen LogP contribution in [-0.2, 0) is 9.53 Å². The van der Waals surface area contributed by atoms with Gasteiger partial charge >= 0.3 is 12.0 Å². The number of urea groups is 1. The molecule has 2 rings (SSSR count). The Bertz CT molecular complexity index is 724. The number of esters is 1. The molecule has 10 heteroatoms. The van der Waals surface area contributed by atoms with Gasteiger partial charge in [-0.1, -0.05) is 30.0 Å². The SMILES string of the molecule is CCOC(=O)[C@@H](CC)Sc1nnc(NC(=O)Nc2ccc(F)cc2)s1. The van der Waals surface area contributed by atoms with E-state index in [4.69, 9.17) is 4.74 Å². The van der Waals surface area contributed by atoms with Crippen molar-refractivity contribution in [3.63, 3.8) is 0 Å². The first kappa shape index (κ1) is 19.1. The van der Waals surface area contributed by atoms with Crippen molar-refractivity contribution in [1.82, 2.24) is 10.2 Å². The highest BCUT2D eigenvalue weighted by molar-refractivity contribution is 8.02. The van der Waals surface area contributed by atoms with Gasteiger partial charge in [0, 0.05) is 5.69 Å². The average molecular weight is 384 g/mol. The molecule has 2 N–H and O–H groups in total. The minimum atomic E-state index is -0.517. The lowest BCUT2D eigenvalue weighted by atomic mass is 10.3. The average Bonchev–Trinajstić information content (AvgIpc) is 3.01. The van der Waals surface area contributed by atoms with Gasteiger partial charge in [0.25, 0.3) is 0 Å². The Kier molecular flexibility index (Phi) is 7.14. The number of hydrogen-bond acceptors (Lipinski definition) is 7. The molecule has 0 saturated heterocycles. The normalized spacial score (nSPS) is 11.6. The number of hydrogen-bond donors (Lipinski definition) is 2. The van der Waals surface area contributed by atoms with Crippen LogP contribution in [0, 0.1) is 5.82 Å². The van der Waals surface area contributed by atoms with Crippen LogP contribution in [0.15, 0.2) is 28.6 Å². The molecule has 2 aromatic rings. The van der Waals surface area contributed by atoms with Crippen molar-refractivity contribution in [3.05, 3.63) is 30.1 Å². The van der Waals surface area contributed by atoms with Gasteiger partial charge < -0.3 is 10.1 Å². The summed E-state index contributed by atoms with van der Waals surface area (Å²) in [6.07, 6.45) is 0.594. The molecule has 0 aliphatic heterocycles. The van der Waals surface area contributed by atoms with E-state index >= 15 is 0 Å². The van der Waals surface area contributed by atoms with Crippen molar-refractivity contribution in [1.29, 1.82) is 0 Å². The maximum absolute atomic E-state index is 12.8. The molecular formula is C15H17FN4O3S2. The number of carbonyl (C=O) groups excluding carboxylic acids is 2. The van der Waals surface area contributed by atoms with E-state index < -0.39 is 6.03 Å². The Labute approximate surface area is 152 Å². The van der Waals surface area contributed by atoms with E-state index in [0.717, 1.165) is 11.3 Å². The summed E-state index contributed by atoms with van der Waals surface area (Å²) < 4.78 is 18.4. The Morgan fingerprint density at radius 1 is 1.24 bits per heavy atom. The van der Waals surface area contributed by atoms with Crippen LogP contribution in [-0.4, -0.2) is 34.1 Å². The first-order valence-corrected chi connectivity index (χ1v) is 9.21. The molecule has 0 radical (unpaired) electrons. The molecule has 1 heterocycles. The smallest absolute Gasteiger partial charge is 0.325 e. The fraction of sp³-hybridized carbons (Fsp3) is 0.333. The lowest BCUT2D eigenvalue weighted by Crippen LogP contribution is -2.19. The monoisotopic (exact) mass is 384 g/mol. The van der Waals surface area contributed by atoms with Crippen molar-refractivity contribution >= 4 is 45.9 Å². The Balaban J connectivity index is 1.90. The number of rotatable bonds is 7. The summed E-state index contributed by atoms with van der Waals surface area (Å²) in [6, 6.07) is 4.87. The maximum Gasteiger partial charge on any atom is 0.325 e. The molecule has 0 unspecified atom stereocenters. The van der Waals surface area contributed by atoms with Crippen molar-refractivity contribution in [2.75, 3.05) is 17.2 Å². The second-order valence-corrected chi connectivity index (χ2v) is 7.15. The van der Waals surface area contributed by atoms with Crippen molar-refractivity contribution in [3.8, 4) is 0 Å². The van der Waals surface area contributed by atoms with E-state index in [0.29, 0.717) is 28.2 Å². The highest BCUT2D eigenvalue weighted by Crippen LogP contribution is 2.31. The number of anilines is 2. The third-order valence-corrected chi connectivity index (χ3v) is 5.16. The summed E-state index contributed by atoms with van der Waals surface area (Å²) in [7, 11) is 0. The van der Waals surface area contributed by atoms with Crippen molar-refractivity contribution < 1.29 is 18.7 Å². The number of halogens is 1. The number of carbonyl (C=O) groups is 2. The highest BCUT2D eigenvalue weighted by atomic mass is 32.2. The molecule has 7 nitrogen and oxygen atoms in total. The van der Waals surface area contributed by atoms with E-state index in [1.165, 1.54) is 36.0 Å². The predicted octanol–water partition coefficient (Wildman–Crippen LogP) is 3.76. The maximum atomic E-state index is 12.8. The zero-order valence-corrected chi connectivity index (χ0v) is 15.2. The van der Waals surface area contributed by atoms with Gasteiger partial charge in [0.2, 0.25) is 5.13 Å². The third kappa shape index (κ3) is 5.98. The topological polar surface area (TPSA) is 93.2 Å². The summed E-state index contributed by atoms with van der Waals surface area (Å²) in [4.78, 5) is 23.7. The van der Waals surface area contributed by atoms with E-state index in [1.807, 2.05) is 6.92 Å². The molecule has 1 atom stereocenters. The number of aromatic nitrogens is 2. The molecule has 134 valence electrons. The number of ether oxygens (including phenoxy) is 1. The Morgan fingerprint density at radius 3 is 2.60 bits per heavy atom. The Hall–Kier alpha value is -2.20. The van der Waals surface area contributed by atoms with Crippen LogP contribution < -0.4 is 10.6 Å². The summed E-state index contributed by atoms with van der Waals surface area (Å²) in [5, 5.41) is 12.8. The molecule has 1 aromatic heterocycles. The van der Waals surface area contributed by atoms with Gasteiger partial charge in [-0.25, -0.2) is 9.18 Å². The van der Waals surface area contributed by atoms with Gasteiger partial charge in [-0.15, -0.1) is 10.2 Å². The lowest BCUT2D eigenvalue weighted by Gasteiger charge is -2.10. The molecule has 25 heavy (non-hydrogen) atoms. The summed E-state index contributed by atoms with van der Waals surface area (Å²) in [5.41, 5.74) is 0.450. The minimum Gasteiger partial charge on any atom is -0.465 e. The number of amides is 2. The van der Waals surface area contributed by atoms with Gasteiger partial charge in [0.15, 0.2) is 4.34 Å². The summed E-state index contributed by atoms with van der Waals surface area (Å²) in [6.45, 7) is 3.95. The van der Waals surface area contributed by atoms with Crippen molar-refractivity contribution in [2.24, 2.45) is 0 Å². The largest absolute Gasteiger partial charge is 0.465 e. The standard InChI is InChI=1S/C15H17FN4O3S2/c1-3-11(12(21)23-4-2)24-15-20-19-14(25-15)18-13(22)17-10-7-5-9(16)6-8-10/h5-8,11H,3-4H2,1-2H3,(H2,17,18,19,22)/t11-/m1/s1. The van der Waals surface area contributed by atoms with E-state index in [1.54, 1.807) is 6.92 Å². The highest BCUT2D eigenvalue weighted by Gasteiger charge is 2.21. The Morgan fingerprint density at radius 2 is 1.96 bits per heavy atom. The second kappa shape index (κ2) is 9.33. The van der Waals surface area contributed by atoms with Crippen LogP contribution in [0.1, 0.15) is 20.3 Å². The van der Waals surface area contributed by atoms with Gasteiger partial charge in [-0.3, -0.25) is 10.1 Å². The van der Waals surface area contributed by atoms with E-state index in [2.05, 4.69) is 20.8 Å². The number of benzene rings is 1. The fourth-order valence-electron chi connectivity index (χ4n) is 1.76. The molecule has 0 spiro atoms. The van der Waals surface area contributed by atoms with Crippen LogP contribution in [0.3, 0.4) is 0 Å². The molecule has 0 fully saturated rings. The first-order valence-electron chi connectivity index (χ1n) is 7.52. The van der Waals surface area contributed by atoms with Crippen LogP contribution >= 0.6 is 23.1 Å². The zero-order chi connectivity index (χ0) is 18.2. The molecule has 0 aliphatic rings. The number of nitrogens with one attached hydrogen (secondary N) is 2. The number of thioether (sulfide) groups is 1. The second-order valence-electron chi connectivity index (χ2n) is 4.73. The number of nitrogens with zero attached hydrogens (tertiary/aromatic N) is 2. The van der Waals surface area contributed by atoms with Crippen LogP contribution in [0.4, 0.5) is 20.0 Å². The molecule has 2 amide bonds. The molecule has 0 aliphatic carbocycles. The zero-order valence-electron chi connectivity index (χ0n) is 13.6. The van der Waals surface area contributed by atoms with Crippen LogP contribution in [0.2, 0.25) is 0 Å². The van der Waals surface area contributed by atoms with Crippen LogP contribution in [0.25, 0.3) is 0 Å². The fourth-order valence-corrected chi connectivity index (χ4v) is 3.67. The molecule has 0 saturated carbocycles.